The number of rotatable bonds is 5. The minimum atomic E-state index is -0.484. The molecule has 0 aliphatic carbocycles. The lowest BCUT2D eigenvalue weighted by Crippen LogP contribution is -2.48. The molecule has 0 aromatic heterocycles. The largest absolute Gasteiger partial charge is 0.487 e. The highest BCUT2D eigenvalue weighted by molar-refractivity contribution is 5.67. The fourth-order valence-corrected chi connectivity index (χ4v) is 4.47. The van der Waals surface area contributed by atoms with E-state index in [0.29, 0.717) is 18.6 Å². The molecule has 2 aliphatic heterocycles. The normalized spacial score (nSPS) is 25.4. The van der Waals surface area contributed by atoms with Crippen molar-refractivity contribution in [2.75, 3.05) is 6.54 Å². The monoisotopic (exact) mass is 403 g/mol. The van der Waals surface area contributed by atoms with Crippen LogP contribution >= 0.6 is 0 Å². The Labute approximate surface area is 175 Å². The molecule has 1 saturated heterocycles. The first-order valence-corrected chi connectivity index (χ1v) is 11.0. The Bertz CT molecular complexity index is 722. The van der Waals surface area contributed by atoms with Crippen molar-refractivity contribution in [3.63, 3.8) is 0 Å². The highest BCUT2D eigenvalue weighted by Crippen LogP contribution is 2.51. The van der Waals surface area contributed by atoms with Crippen LogP contribution in [0.25, 0.3) is 0 Å². The molecule has 1 aromatic carbocycles. The number of carbonyl (C=O) groups is 1. The van der Waals surface area contributed by atoms with Gasteiger partial charge in [-0.3, -0.25) is 0 Å². The maximum absolute atomic E-state index is 11.9. The van der Waals surface area contributed by atoms with Gasteiger partial charge in [-0.25, -0.2) is 4.79 Å². The Hall–Kier alpha value is -1.75. The molecule has 1 N–H and O–H groups in total. The van der Waals surface area contributed by atoms with Crippen molar-refractivity contribution in [1.82, 2.24) is 5.32 Å². The predicted molar refractivity (Wildman–Crippen MR) is 114 cm³/mol. The van der Waals surface area contributed by atoms with Crippen LogP contribution in [0.4, 0.5) is 4.79 Å². The lowest BCUT2D eigenvalue weighted by molar-refractivity contribution is -0.151. The fraction of sp³-hybridized carbons (Fsp3) is 0.708. The summed E-state index contributed by atoms with van der Waals surface area (Å²) >= 11 is 0. The smallest absolute Gasteiger partial charge is 0.407 e. The summed E-state index contributed by atoms with van der Waals surface area (Å²) in [4.78, 5) is 11.9. The topological polar surface area (TPSA) is 56.8 Å². The van der Waals surface area contributed by atoms with Crippen molar-refractivity contribution < 1.29 is 19.0 Å². The van der Waals surface area contributed by atoms with E-state index in [0.717, 1.165) is 43.4 Å². The second-order valence-electron chi connectivity index (χ2n) is 9.91. The second-order valence-corrected chi connectivity index (χ2v) is 9.91. The van der Waals surface area contributed by atoms with E-state index in [1.54, 1.807) is 0 Å². The van der Waals surface area contributed by atoms with E-state index in [4.69, 9.17) is 14.2 Å². The molecule has 162 valence electrons. The summed E-state index contributed by atoms with van der Waals surface area (Å²) in [5.41, 5.74) is 1.62. The molecule has 3 rings (SSSR count). The third-order valence-electron chi connectivity index (χ3n) is 5.84. The number of carbonyl (C=O) groups excluding carboxylic acids is 1. The molecule has 3 atom stereocenters. The van der Waals surface area contributed by atoms with E-state index in [1.807, 2.05) is 20.8 Å². The molecule has 1 fully saturated rings. The average molecular weight is 404 g/mol. The van der Waals surface area contributed by atoms with E-state index in [-0.39, 0.29) is 17.8 Å². The average Bonchev–Trinajstić information content (AvgIpc) is 2.60. The predicted octanol–water partition coefficient (Wildman–Crippen LogP) is 5.56. The lowest BCUT2D eigenvalue weighted by atomic mass is 9.74. The van der Waals surface area contributed by atoms with Crippen LogP contribution in [0.5, 0.6) is 5.75 Å². The molecule has 0 saturated carbocycles. The van der Waals surface area contributed by atoms with Crippen LogP contribution in [0.3, 0.4) is 0 Å². The molecule has 29 heavy (non-hydrogen) atoms. The van der Waals surface area contributed by atoms with Crippen molar-refractivity contribution in [2.45, 2.75) is 97.1 Å². The SMILES string of the molecule is CCC[C@@H]1CC[C@@H]2[C@@H](O1)c1cc(CCNC(=O)OC(C)(C)C)ccc1OC2(C)C. The van der Waals surface area contributed by atoms with Crippen molar-refractivity contribution in [1.29, 1.82) is 0 Å². The molecule has 0 radical (unpaired) electrons. The van der Waals surface area contributed by atoms with Crippen molar-refractivity contribution >= 4 is 6.09 Å². The van der Waals surface area contributed by atoms with Crippen molar-refractivity contribution in [2.24, 2.45) is 5.92 Å². The molecule has 5 heteroatoms. The van der Waals surface area contributed by atoms with Gasteiger partial charge in [-0.05, 0) is 78.0 Å². The second kappa shape index (κ2) is 8.55. The van der Waals surface area contributed by atoms with Crippen molar-refractivity contribution in [3.05, 3.63) is 29.3 Å². The first kappa shape index (κ1) is 21.9. The molecule has 2 heterocycles. The van der Waals surface area contributed by atoms with E-state index < -0.39 is 5.60 Å². The number of benzene rings is 1. The van der Waals surface area contributed by atoms with Gasteiger partial charge in [0.2, 0.25) is 0 Å². The summed E-state index contributed by atoms with van der Waals surface area (Å²) in [6, 6.07) is 6.34. The van der Waals surface area contributed by atoms with Gasteiger partial charge in [-0.15, -0.1) is 0 Å². The Morgan fingerprint density at radius 1 is 1.28 bits per heavy atom. The number of ether oxygens (including phenoxy) is 3. The van der Waals surface area contributed by atoms with Crippen molar-refractivity contribution in [3.8, 4) is 5.75 Å². The Balaban J connectivity index is 1.70. The van der Waals surface area contributed by atoms with E-state index >= 15 is 0 Å². The van der Waals surface area contributed by atoms with Gasteiger partial charge in [0.15, 0.2) is 0 Å². The van der Waals surface area contributed by atoms with Crippen LogP contribution in [-0.4, -0.2) is 29.9 Å². The van der Waals surface area contributed by atoms with Gasteiger partial charge in [0.05, 0.1) is 12.2 Å². The zero-order valence-corrected chi connectivity index (χ0v) is 18.8. The first-order chi connectivity index (χ1) is 13.6. The Morgan fingerprint density at radius 3 is 2.72 bits per heavy atom. The third kappa shape index (κ3) is 5.44. The van der Waals surface area contributed by atoms with Crippen LogP contribution < -0.4 is 10.1 Å². The minimum Gasteiger partial charge on any atom is -0.487 e. The molecule has 2 aliphatic rings. The Morgan fingerprint density at radius 2 is 2.03 bits per heavy atom. The van der Waals surface area contributed by atoms with Crippen LogP contribution in [0.2, 0.25) is 0 Å². The number of amides is 1. The van der Waals surface area contributed by atoms with Gasteiger partial charge >= 0.3 is 6.09 Å². The minimum absolute atomic E-state index is 0.0813. The van der Waals surface area contributed by atoms with E-state index in [9.17, 15) is 4.79 Å². The first-order valence-electron chi connectivity index (χ1n) is 11.0. The molecule has 0 bridgehead atoms. The molecular weight excluding hydrogens is 366 g/mol. The van der Waals surface area contributed by atoms with Gasteiger partial charge in [-0.1, -0.05) is 19.4 Å². The van der Waals surface area contributed by atoms with Gasteiger partial charge in [0.1, 0.15) is 17.0 Å². The summed E-state index contributed by atoms with van der Waals surface area (Å²) in [6.45, 7) is 12.7. The van der Waals surface area contributed by atoms with Gasteiger partial charge in [-0.2, -0.15) is 0 Å². The quantitative estimate of drug-likeness (QED) is 0.699. The molecule has 0 spiro atoms. The van der Waals surface area contributed by atoms with Crippen LogP contribution in [0.1, 0.15) is 84.5 Å². The Kier molecular flexibility index (Phi) is 6.47. The number of hydrogen-bond acceptors (Lipinski definition) is 4. The highest BCUT2D eigenvalue weighted by atomic mass is 16.6. The maximum atomic E-state index is 11.9. The van der Waals surface area contributed by atoms with Gasteiger partial charge in [0, 0.05) is 18.0 Å². The molecule has 1 amide bonds. The zero-order valence-electron chi connectivity index (χ0n) is 18.8. The number of fused-ring (bicyclic) bond motifs is 3. The number of alkyl carbamates (subject to hydrolysis) is 1. The van der Waals surface area contributed by atoms with Crippen LogP contribution in [-0.2, 0) is 15.9 Å². The van der Waals surface area contributed by atoms with Crippen LogP contribution in [0, 0.1) is 5.92 Å². The number of nitrogens with one attached hydrogen (secondary N) is 1. The fourth-order valence-electron chi connectivity index (χ4n) is 4.47. The maximum Gasteiger partial charge on any atom is 0.407 e. The molecule has 1 aromatic rings. The third-order valence-corrected chi connectivity index (χ3v) is 5.84. The van der Waals surface area contributed by atoms with Gasteiger partial charge in [0.25, 0.3) is 0 Å². The summed E-state index contributed by atoms with van der Waals surface area (Å²) in [7, 11) is 0. The van der Waals surface area contributed by atoms with Gasteiger partial charge < -0.3 is 19.5 Å². The standard InChI is InChI=1S/C24H37NO4/c1-7-8-17-10-11-19-21(27-17)18-15-16(9-12-20(18)28-24(19,5)6)13-14-25-22(26)29-23(2,3)4/h9,12,15,17,19,21H,7-8,10-11,13-14H2,1-6H3,(H,25,26)/t17-,19-,21+/m1/s1. The molecule has 5 nitrogen and oxygen atoms in total. The summed E-state index contributed by atoms with van der Waals surface area (Å²) in [5, 5.41) is 2.84. The number of hydrogen-bond donors (Lipinski definition) is 1. The molecular formula is C24H37NO4. The highest BCUT2D eigenvalue weighted by Gasteiger charge is 2.47. The molecule has 0 unspecified atom stereocenters. The summed E-state index contributed by atoms with van der Waals surface area (Å²) in [6.07, 6.45) is 5.27. The van der Waals surface area contributed by atoms with E-state index in [2.05, 4.69) is 44.3 Å². The van der Waals surface area contributed by atoms with E-state index in [1.165, 1.54) is 5.56 Å². The lowest BCUT2D eigenvalue weighted by Gasteiger charge is -2.49. The van der Waals surface area contributed by atoms with Crippen LogP contribution in [0.15, 0.2) is 18.2 Å². The zero-order chi connectivity index (χ0) is 21.2. The summed E-state index contributed by atoms with van der Waals surface area (Å²) < 4.78 is 18.2. The summed E-state index contributed by atoms with van der Waals surface area (Å²) in [5.74, 6) is 1.29.